The van der Waals surface area contributed by atoms with Gasteiger partial charge in [-0.3, -0.25) is 14.6 Å². The summed E-state index contributed by atoms with van der Waals surface area (Å²) in [6, 6.07) is 8.81. The molecule has 1 aliphatic rings. The van der Waals surface area contributed by atoms with Crippen LogP contribution in [0.1, 0.15) is 23.2 Å². The van der Waals surface area contributed by atoms with Crippen molar-refractivity contribution >= 4 is 40.2 Å². The molecule has 3 aromatic rings. The number of benzene rings is 1. The van der Waals surface area contributed by atoms with Crippen molar-refractivity contribution in [3.8, 4) is 0 Å². The lowest BCUT2D eigenvalue weighted by Gasteiger charge is -2.16. The number of nitrogens with one attached hydrogen (secondary N) is 2. The fourth-order valence-corrected chi connectivity index (χ4v) is 3.01. The Hall–Kier alpha value is -3.75. The maximum atomic E-state index is 11.8. The highest BCUT2D eigenvalue weighted by atomic mass is 16.1. The molecule has 2 amide bonds. The third-order valence-electron chi connectivity index (χ3n) is 4.60. The number of primary amides is 2. The van der Waals surface area contributed by atoms with Gasteiger partial charge in [-0.2, -0.15) is 4.98 Å². The Morgan fingerprint density at radius 1 is 1.14 bits per heavy atom. The van der Waals surface area contributed by atoms with Crippen LogP contribution in [0.25, 0.3) is 10.9 Å². The largest absolute Gasteiger partial charge is 0.368 e. The molecular formula is C19H19N7O2. The van der Waals surface area contributed by atoms with E-state index in [1.165, 1.54) is 6.20 Å². The molecular weight excluding hydrogens is 358 g/mol. The van der Waals surface area contributed by atoms with Crippen LogP contribution in [0, 0.1) is 5.92 Å². The average molecular weight is 377 g/mol. The van der Waals surface area contributed by atoms with Crippen LogP contribution in [0.4, 0.5) is 17.5 Å². The number of nitrogens with two attached hydrogens (primary N) is 2. The Bertz CT molecular complexity index is 1070. The van der Waals surface area contributed by atoms with E-state index >= 15 is 0 Å². The molecule has 1 aliphatic carbocycles. The summed E-state index contributed by atoms with van der Waals surface area (Å²) >= 11 is 0. The van der Waals surface area contributed by atoms with Gasteiger partial charge in [0.2, 0.25) is 11.9 Å². The Labute approximate surface area is 160 Å². The second kappa shape index (κ2) is 7.10. The molecule has 0 unspecified atom stereocenters. The van der Waals surface area contributed by atoms with E-state index in [1.807, 2.05) is 30.3 Å². The van der Waals surface area contributed by atoms with E-state index in [9.17, 15) is 9.59 Å². The smallest absolute Gasteiger partial charge is 0.254 e. The van der Waals surface area contributed by atoms with Crippen LogP contribution in [-0.2, 0) is 4.79 Å². The quantitative estimate of drug-likeness (QED) is 0.488. The summed E-state index contributed by atoms with van der Waals surface area (Å²) in [4.78, 5) is 36.2. The summed E-state index contributed by atoms with van der Waals surface area (Å²) in [5, 5.41) is 6.99. The van der Waals surface area contributed by atoms with Gasteiger partial charge in [-0.25, -0.2) is 4.98 Å². The summed E-state index contributed by atoms with van der Waals surface area (Å²) < 4.78 is 0. The van der Waals surface area contributed by atoms with Crippen molar-refractivity contribution in [2.45, 2.75) is 18.9 Å². The van der Waals surface area contributed by atoms with Crippen molar-refractivity contribution in [1.82, 2.24) is 15.0 Å². The first-order chi connectivity index (χ1) is 13.5. The van der Waals surface area contributed by atoms with E-state index in [-0.39, 0.29) is 23.2 Å². The second-order valence-corrected chi connectivity index (χ2v) is 6.72. The molecule has 1 fully saturated rings. The number of aromatic nitrogens is 3. The van der Waals surface area contributed by atoms with E-state index in [2.05, 4.69) is 25.6 Å². The van der Waals surface area contributed by atoms with Gasteiger partial charge in [-0.1, -0.05) is 6.07 Å². The maximum Gasteiger partial charge on any atom is 0.254 e. The number of pyridine rings is 1. The molecule has 9 heteroatoms. The summed E-state index contributed by atoms with van der Waals surface area (Å²) in [5.74, 6) is -0.494. The molecule has 0 saturated heterocycles. The predicted molar refractivity (Wildman–Crippen MR) is 105 cm³/mol. The van der Waals surface area contributed by atoms with E-state index in [1.54, 1.807) is 6.20 Å². The van der Waals surface area contributed by atoms with Crippen molar-refractivity contribution in [1.29, 1.82) is 0 Å². The van der Waals surface area contributed by atoms with Crippen molar-refractivity contribution in [2.75, 3.05) is 10.6 Å². The molecule has 6 N–H and O–H groups in total. The number of hydrogen-bond acceptors (Lipinski definition) is 7. The molecule has 0 spiro atoms. The van der Waals surface area contributed by atoms with Crippen molar-refractivity contribution < 1.29 is 9.59 Å². The number of carbonyl (C=O) groups excluding carboxylic acids is 2. The van der Waals surface area contributed by atoms with Crippen LogP contribution >= 0.6 is 0 Å². The number of carbonyl (C=O) groups is 2. The van der Waals surface area contributed by atoms with Gasteiger partial charge >= 0.3 is 0 Å². The number of hydrogen-bond donors (Lipinski definition) is 4. The highest BCUT2D eigenvalue weighted by Crippen LogP contribution is 2.34. The van der Waals surface area contributed by atoms with E-state index in [4.69, 9.17) is 11.5 Å². The molecule has 1 atom stereocenters. The third-order valence-corrected chi connectivity index (χ3v) is 4.60. The second-order valence-electron chi connectivity index (χ2n) is 6.72. The first kappa shape index (κ1) is 17.7. The highest BCUT2D eigenvalue weighted by Gasteiger charge is 2.35. The molecule has 0 bridgehead atoms. The number of amides is 2. The topological polar surface area (TPSA) is 149 Å². The molecule has 9 nitrogen and oxygen atoms in total. The van der Waals surface area contributed by atoms with Crippen LogP contribution in [0.2, 0.25) is 0 Å². The monoisotopic (exact) mass is 377 g/mol. The Kier molecular flexibility index (Phi) is 4.48. The van der Waals surface area contributed by atoms with Gasteiger partial charge in [0, 0.05) is 23.5 Å². The Morgan fingerprint density at radius 3 is 2.68 bits per heavy atom. The molecule has 1 aromatic carbocycles. The molecule has 0 aliphatic heterocycles. The van der Waals surface area contributed by atoms with Gasteiger partial charge in [0.15, 0.2) is 0 Å². The molecule has 28 heavy (non-hydrogen) atoms. The van der Waals surface area contributed by atoms with Crippen LogP contribution in [-0.4, -0.2) is 32.8 Å². The first-order valence-corrected chi connectivity index (χ1v) is 8.86. The van der Waals surface area contributed by atoms with E-state index < -0.39 is 17.9 Å². The Balaban J connectivity index is 1.65. The average Bonchev–Trinajstić information content (AvgIpc) is 3.51. The van der Waals surface area contributed by atoms with Gasteiger partial charge in [0.05, 0.1) is 5.52 Å². The summed E-state index contributed by atoms with van der Waals surface area (Å²) in [5.41, 5.74) is 12.6. The van der Waals surface area contributed by atoms with Crippen molar-refractivity contribution in [2.24, 2.45) is 17.4 Å². The van der Waals surface area contributed by atoms with Crippen LogP contribution in [0.3, 0.4) is 0 Å². The van der Waals surface area contributed by atoms with Crippen molar-refractivity contribution in [3.05, 3.63) is 48.3 Å². The molecule has 142 valence electrons. The molecule has 1 saturated carbocycles. The number of nitrogens with zero attached hydrogens (tertiary/aromatic N) is 3. The SMILES string of the molecule is NC(=O)c1cnc(N[C@@H](C(N)=O)C2CC2)nc1Nc1ccc2ncccc2c1. The number of rotatable bonds is 7. The molecule has 4 rings (SSSR count). The first-order valence-electron chi connectivity index (χ1n) is 8.86. The molecule has 2 heterocycles. The number of anilines is 3. The normalized spacial score (nSPS) is 14.4. The summed E-state index contributed by atoms with van der Waals surface area (Å²) in [6.45, 7) is 0. The standard InChI is InChI=1S/C19H19N7O2/c20-16(27)13-9-23-19(25-15(17(21)28)10-3-4-10)26-18(13)24-12-5-6-14-11(8-12)2-1-7-22-14/h1-2,5-10,15H,3-4H2,(H2,20,27)(H2,21,28)(H2,23,24,25,26)/t15-/m1/s1. The Morgan fingerprint density at radius 2 is 1.96 bits per heavy atom. The van der Waals surface area contributed by atoms with Gasteiger partial charge in [-0.05, 0) is 43.0 Å². The van der Waals surface area contributed by atoms with E-state index in [0.717, 1.165) is 23.7 Å². The zero-order chi connectivity index (χ0) is 19.7. The third kappa shape index (κ3) is 3.68. The summed E-state index contributed by atoms with van der Waals surface area (Å²) in [6.07, 6.45) is 4.90. The van der Waals surface area contributed by atoms with E-state index in [0.29, 0.717) is 5.69 Å². The fourth-order valence-electron chi connectivity index (χ4n) is 3.01. The zero-order valence-corrected chi connectivity index (χ0v) is 14.9. The maximum absolute atomic E-state index is 11.8. The van der Waals surface area contributed by atoms with Gasteiger partial charge in [-0.15, -0.1) is 0 Å². The predicted octanol–water partition coefficient (Wildman–Crippen LogP) is 1.54. The molecule has 2 aromatic heterocycles. The minimum Gasteiger partial charge on any atom is -0.368 e. The van der Waals surface area contributed by atoms with Crippen LogP contribution < -0.4 is 22.1 Å². The van der Waals surface area contributed by atoms with Crippen molar-refractivity contribution in [3.63, 3.8) is 0 Å². The lowest BCUT2D eigenvalue weighted by Crippen LogP contribution is -2.37. The minimum absolute atomic E-state index is 0.138. The van der Waals surface area contributed by atoms with Crippen LogP contribution in [0.5, 0.6) is 0 Å². The lowest BCUT2D eigenvalue weighted by molar-refractivity contribution is -0.119. The molecule has 0 radical (unpaired) electrons. The van der Waals surface area contributed by atoms with Gasteiger partial charge in [0.25, 0.3) is 5.91 Å². The minimum atomic E-state index is -0.662. The van der Waals surface area contributed by atoms with Gasteiger partial charge < -0.3 is 22.1 Å². The fraction of sp³-hybridized carbons (Fsp3) is 0.211. The lowest BCUT2D eigenvalue weighted by atomic mass is 10.2. The zero-order valence-electron chi connectivity index (χ0n) is 14.9. The number of fused-ring (bicyclic) bond motifs is 1. The van der Waals surface area contributed by atoms with Crippen LogP contribution in [0.15, 0.2) is 42.7 Å². The summed E-state index contributed by atoms with van der Waals surface area (Å²) in [7, 11) is 0. The highest BCUT2D eigenvalue weighted by molar-refractivity contribution is 5.98. The van der Waals surface area contributed by atoms with Gasteiger partial charge in [0.1, 0.15) is 17.4 Å².